The van der Waals surface area contributed by atoms with Crippen molar-refractivity contribution in [2.24, 2.45) is 0 Å². The van der Waals surface area contributed by atoms with Gasteiger partial charge in [-0.1, -0.05) is 23.7 Å². The van der Waals surface area contributed by atoms with Gasteiger partial charge in [-0.2, -0.15) is 11.8 Å². The van der Waals surface area contributed by atoms with Crippen LogP contribution in [0.25, 0.3) is 0 Å². The van der Waals surface area contributed by atoms with Gasteiger partial charge in [-0.3, -0.25) is 4.79 Å². The number of pyridine rings is 1. The number of thioether (sulfide) groups is 1. The zero-order valence-electron chi connectivity index (χ0n) is 13.9. The standard InChI is InChI=1S/C18H19ClFN3OS/c1-12-9-15(23-5-7-25-8-6-23)22-17(19)16(12)18(24)21-11-13-3-2-4-14(20)10-13/h2-4,9-10H,5-8,11H2,1H3,(H,21,24). The fraction of sp³-hybridized carbons (Fsp3) is 0.333. The summed E-state index contributed by atoms with van der Waals surface area (Å²) in [6, 6.07) is 8.04. The third kappa shape index (κ3) is 4.44. The molecule has 0 saturated carbocycles. The lowest BCUT2D eigenvalue weighted by atomic mass is 10.1. The first-order valence-electron chi connectivity index (χ1n) is 8.07. The molecule has 1 aromatic heterocycles. The molecule has 3 rings (SSSR count). The Morgan fingerprint density at radius 2 is 2.12 bits per heavy atom. The fourth-order valence-electron chi connectivity index (χ4n) is 2.76. The van der Waals surface area contributed by atoms with Crippen LogP contribution >= 0.6 is 23.4 Å². The van der Waals surface area contributed by atoms with Crippen molar-refractivity contribution in [3.8, 4) is 0 Å². The van der Waals surface area contributed by atoms with Gasteiger partial charge >= 0.3 is 0 Å². The molecule has 132 valence electrons. The summed E-state index contributed by atoms with van der Waals surface area (Å²) in [7, 11) is 0. The highest BCUT2D eigenvalue weighted by Crippen LogP contribution is 2.25. The molecule has 2 aromatic rings. The second kappa shape index (κ2) is 8.06. The van der Waals surface area contributed by atoms with E-state index in [4.69, 9.17) is 11.6 Å². The highest BCUT2D eigenvalue weighted by atomic mass is 35.5. The number of aromatic nitrogens is 1. The molecule has 1 aromatic carbocycles. The lowest BCUT2D eigenvalue weighted by Gasteiger charge is -2.28. The summed E-state index contributed by atoms with van der Waals surface area (Å²) in [5.74, 6) is 2.30. The first-order valence-corrected chi connectivity index (χ1v) is 9.60. The zero-order valence-corrected chi connectivity index (χ0v) is 15.5. The van der Waals surface area contributed by atoms with E-state index < -0.39 is 0 Å². The van der Waals surface area contributed by atoms with Crippen LogP contribution in [-0.4, -0.2) is 35.5 Å². The first-order chi connectivity index (χ1) is 12.0. The van der Waals surface area contributed by atoms with E-state index in [1.54, 1.807) is 12.1 Å². The maximum absolute atomic E-state index is 13.2. The van der Waals surface area contributed by atoms with E-state index in [-0.39, 0.29) is 23.4 Å². The van der Waals surface area contributed by atoms with Gasteiger partial charge in [0.05, 0.1) is 5.56 Å². The molecule has 1 aliphatic heterocycles. The molecule has 1 fully saturated rings. The van der Waals surface area contributed by atoms with Crippen LogP contribution in [0.1, 0.15) is 21.5 Å². The molecule has 1 saturated heterocycles. The second-order valence-electron chi connectivity index (χ2n) is 5.88. The number of hydrogen-bond donors (Lipinski definition) is 1. The van der Waals surface area contributed by atoms with E-state index in [0.717, 1.165) is 36.0 Å². The Labute approximate surface area is 155 Å². The van der Waals surface area contributed by atoms with Gasteiger partial charge in [0.15, 0.2) is 0 Å². The third-order valence-electron chi connectivity index (χ3n) is 4.06. The summed E-state index contributed by atoms with van der Waals surface area (Å²) >= 11 is 8.21. The minimum absolute atomic E-state index is 0.199. The number of nitrogens with one attached hydrogen (secondary N) is 1. The maximum Gasteiger partial charge on any atom is 0.254 e. The van der Waals surface area contributed by atoms with Crippen LogP contribution in [0.3, 0.4) is 0 Å². The molecule has 0 aliphatic carbocycles. The Balaban J connectivity index is 1.73. The Morgan fingerprint density at radius 3 is 2.80 bits per heavy atom. The summed E-state index contributed by atoms with van der Waals surface area (Å²) in [5, 5.41) is 2.98. The highest BCUT2D eigenvalue weighted by molar-refractivity contribution is 7.99. The minimum Gasteiger partial charge on any atom is -0.355 e. The topological polar surface area (TPSA) is 45.2 Å². The van der Waals surface area contributed by atoms with Gasteiger partial charge in [0.1, 0.15) is 16.8 Å². The van der Waals surface area contributed by atoms with Crippen LogP contribution in [0, 0.1) is 12.7 Å². The minimum atomic E-state index is -0.327. The molecule has 25 heavy (non-hydrogen) atoms. The number of rotatable bonds is 4. The molecule has 0 bridgehead atoms. The predicted octanol–water partition coefficient (Wildman–Crippen LogP) is 3.67. The predicted molar refractivity (Wildman–Crippen MR) is 101 cm³/mol. The van der Waals surface area contributed by atoms with Crippen molar-refractivity contribution in [2.75, 3.05) is 29.5 Å². The van der Waals surface area contributed by atoms with E-state index in [0.29, 0.717) is 11.1 Å². The largest absolute Gasteiger partial charge is 0.355 e. The third-order valence-corrected chi connectivity index (χ3v) is 5.28. The van der Waals surface area contributed by atoms with Crippen molar-refractivity contribution >= 4 is 35.1 Å². The maximum atomic E-state index is 13.2. The number of aryl methyl sites for hydroxylation is 1. The average Bonchev–Trinajstić information content (AvgIpc) is 2.60. The molecule has 0 atom stereocenters. The van der Waals surface area contributed by atoms with Crippen molar-refractivity contribution in [3.05, 3.63) is 58.0 Å². The van der Waals surface area contributed by atoms with Crippen molar-refractivity contribution in [3.63, 3.8) is 0 Å². The molecule has 1 aliphatic rings. The average molecular weight is 380 g/mol. The summed E-state index contributed by atoms with van der Waals surface area (Å²) in [4.78, 5) is 19.1. The zero-order chi connectivity index (χ0) is 17.8. The van der Waals surface area contributed by atoms with Crippen LogP contribution in [0.5, 0.6) is 0 Å². The van der Waals surface area contributed by atoms with Crippen LogP contribution < -0.4 is 10.2 Å². The summed E-state index contributed by atoms with van der Waals surface area (Å²) in [6.45, 7) is 3.95. The molecule has 0 spiro atoms. The van der Waals surface area contributed by atoms with E-state index >= 15 is 0 Å². The molecule has 1 N–H and O–H groups in total. The number of benzene rings is 1. The van der Waals surface area contributed by atoms with Crippen LogP contribution in [0.15, 0.2) is 30.3 Å². The van der Waals surface area contributed by atoms with Crippen LogP contribution in [0.2, 0.25) is 5.15 Å². The fourth-order valence-corrected chi connectivity index (χ4v) is 3.99. The monoisotopic (exact) mass is 379 g/mol. The summed E-state index contributed by atoms with van der Waals surface area (Å²) in [6.07, 6.45) is 0. The quantitative estimate of drug-likeness (QED) is 0.823. The van der Waals surface area contributed by atoms with Gasteiger partial charge in [-0.25, -0.2) is 9.37 Å². The van der Waals surface area contributed by atoms with Gasteiger partial charge in [0.25, 0.3) is 5.91 Å². The molecule has 0 unspecified atom stereocenters. The van der Waals surface area contributed by atoms with Gasteiger partial charge < -0.3 is 10.2 Å². The van der Waals surface area contributed by atoms with Gasteiger partial charge in [-0.05, 0) is 36.2 Å². The lowest BCUT2D eigenvalue weighted by Crippen LogP contribution is -2.33. The summed E-state index contributed by atoms with van der Waals surface area (Å²) < 4.78 is 13.2. The number of halogens is 2. The molecule has 4 nitrogen and oxygen atoms in total. The van der Waals surface area contributed by atoms with Crippen molar-refractivity contribution < 1.29 is 9.18 Å². The van der Waals surface area contributed by atoms with Gasteiger partial charge in [-0.15, -0.1) is 0 Å². The van der Waals surface area contributed by atoms with E-state index in [1.807, 2.05) is 24.8 Å². The first kappa shape index (κ1) is 18.0. The number of nitrogens with zero attached hydrogens (tertiary/aromatic N) is 2. The van der Waals surface area contributed by atoms with E-state index in [2.05, 4.69) is 15.2 Å². The molecular formula is C18H19ClFN3OS. The second-order valence-corrected chi connectivity index (χ2v) is 7.46. The highest BCUT2D eigenvalue weighted by Gasteiger charge is 2.19. The number of carbonyl (C=O) groups is 1. The normalized spacial score (nSPS) is 14.4. The van der Waals surface area contributed by atoms with Crippen molar-refractivity contribution in [2.45, 2.75) is 13.5 Å². The number of anilines is 1. The Morgan fingerprint density at radius 1 is 1.36 bits per heavy atom. The molecule has 0 radical (unpaired) electrons. The van der Waals surface area contributed by atoms with Crippen molar-refractivity contribution in [1.82, 2.24) is 10.3 Å². The Hall–Kier alpha value is -1.79. The Bertz CT molecular complexity index is 758. The van der Waals surface area contributed by atoms with Crippen molar-refractivity contribution in [1.29, 1.82) is 0 Å². The van der Waals surface area contributed by atoms with Crippen LogP contribution in [0.4, 0.5) is 10.2 Å². The molecule has 2 heterocycles. The molecular weight excluding hydrogens is 361 g/mol. The number of amides is 1. The Kier molecular flexibility index (Phi) is 5.81. The van der Waals surface area contributed by atoms with Gasteiger partial charge in [0, 0.05) is 31.1 Å². The number of hydrogen-bond acceptors (Lipinski definition) is 4. The van der Waals surface area contributed by atoms with Gasteiger partial charge in [0.2, 0.25) is 0 Å². The number of carbonyl (C=O) groups excluding carboxylic acids is 1. The van der Waals surface area contributed by atoms with E-state index in [9.17, 15) is 9.18 Å². The lowest BCUT2D eigenvalue weighted by molar-refractivity contribution is 0.0950. The summed E-state index contributed by atoms with van der Waals surface area (Å²) in [5.41, 5.74) is 1.84. The smallest absolute Gasteiger partial charge is 0.254 e. The molecule has 7 heteroatoms. The van der Waals surface area contributed by atoms with E-state index in [1.165, 1.54) is 12.1 Å². The molecule has 1 amide bonds. The van der Waals surface area contributed by atoms with Crippen LogP contribution in [-0.2, 0) is 6.54 Å². The SMILES string of the molecule is Cc1cc(N2CCSCC2)nc(Cl)c1C(=O)NCc1cccc(F)c1.